The summed E-state index contributed by atoms with van der Waals surface area (Å²) in [5.41, 5.74) is 2.27. The van der Waals surface area contributed by atoms with Gasteiger partial charge < -0.3 is 9.30 Å². The van der Waals surface area contributed by atoms with E-state index in [0.717, 1.165) is 24.9 Å². The maximum absolute atomic E-state index is 11.9. The molecule has 0 amide bonds. The number of unbranched alkanes of at least 4 members (excludes halogenated alkanes) is 5. The van der Waals surface area contributed by atoms with Crippen LogP contribution >= 0.6 is 0 Å². The first kappa shape index (κ1) is 18.3. The molecule has 2 aromatic rings. The number of hydrogen-bond donors (Lipinski definition) is 0. The Hall–Kier alpha value is -2.03. The SMILES string of the molecule is CCCCCCCCOC(=O)Cc1ccn(Cc2ccccc2)c1. The van der Waals surface area contributed by atoms with Gasteiger partial charge in [0.1, 0.15) is 0 Å². The third kappa shape index (κ3) is 7.03. The molecule has 3 nitrogen and oxygen atoms in total. The molecular weight excluding hydrogens is 298 g/mol. The summed E-state index contributed by atoms with van der Waals surface area (Å²) in [4.78, 5) is 11.9. The predicted octanol–water partition coefficient (Wildman–Crippen LogP) is 4.98. The van der Waals surface area contributed by atoms with Crippen LogP contribution in [0.15, 0.2) is 48.8 Å². The molecule has 0 unspecified atom stereocenters. The van der Waals surface area contributed by atoms with E-state index in [1.54, 1.807) is 0 Å². The first-order valence-corrected chi connectivity index (χ1v) is 9.12. The Morgan fingerprint density at radius 3 is 2.50 bits per heavy atom. The number of carbonyl (C=O) groups is 1. The summed E-state index contributed by atoms with van der Waals surface area (Å²) < 4.78 is 7.43. The van der Waals surface area contributed by atoms with E-state index in [0.29, 0.717) is 13.0 Å². The second-order valence-corrected chi connectivity index (χ2v) is 6.34. The normalized spacial score (nSPS) is 10.7. The topological polar surface area (TPSA) is 31.2 Å². The summed E-state index contributed by atoms with van der Waals surface area (Å²) in [5.74, 6) is -0.124. The Balaban J connectivity index is 1.64. The molecule has 1 heterocycles. The van der Waals surface area contributed by atoms with Crippen molar-refractivity contribution in [1.82, 2.24) is 4.57 Å². The van der Waals surface area contributed by atoms with Crippen LogP contribution in [0.1, 0.15) is 56.6 Å². The minimum atomic E-state index is -0.124. The van der Waals surface area contributed by atoms with E-state index in [9.17, 15) is 4.79 Å². The quantitative estimate of drug-likeness (QED) is 0.430. The number of carbonyl (C=O) groups excluding carboxylic acids is 1. The standard InChI is InChI=1S/C21H29NO2/c1-2-3-4-5-6-10-15-24-21(23)16-20-13-14-22(18-20)17-19-11-8-7-9-12-19/h7-9,11-14,18H,2-6,10,15-17H2,1H3. The number of esters is 1. The lowest BCUT2D eigenvalue weighted by molar-refractivity contribution is -0.142. The largest absolute Gasteiger partial charge is 0.465 e. The molecule has 24 heavy (non-hydrogen) atoms. The molecule has 0 aliphatic rings. The lowest BCUT2D eigenvalue weighted by Crippen LogP contribution is -2.08. The van der Waals surface area contributed by atoms with Gasteiger partial charge in [0, 0.05) is 18.9 Å². The third-order valence-corrected chi connectivity index (χ3v) is 4.13. The van der Waals surface area contributed by atoms with E-state index in [-0.39, 0.29) is 5.97 Å². The minimum Gasteiger partial charge on any atom is -0.465 e. The van der Waals surface area contributed by atoms with Gasteiger partial charge in [-0.3, -0.25) is 4.79 Å². The van der Waals surface area contributed by atoms with Gasteiger partial charge in [0.15, 0.2) is 0 Å². The number of nitrogens with zero attached hydrogens (tertiary/aromatic N) is 1. The molecule has 0 fully saturated rings. The van der Waals surface area contributed by atoms with E-state index in [4.69, 9.17) is 4.74 Å². The average Bonchev–Trinajstić information content (AvgIpc) is 3.02. The predicted molar refractivity (Wildman–Crippen MR) is 98.0 cm³/mol. The van der Waals surface area contributed by atoms with Crippen molar-refractivity contribution < 1.29 is 9.53 Å². The van der Waals surface area contributed by atoms with Crippen molar-refractivity contribution in [3.8, 4) is 0 Å². The summed E-state index contributed by atoms with van der Waals surface area (Å²) in [6.07, 6.45) is 11.6. The molecule has 0 radical (unpaired) electrons. The van der Waals surface area contributed by atoms with Crippen LogP contribution in [0, 0.1) is 0 Å². The van der Waals surface area contributed by atoms with Crippen LogP contribution in [0.3, 0.4) is 0 Å². The lowest BCUT2D eigenvalue weighted by atomic mass is 10.1. The number of ether oxygens (including phenoxy) is 1. The highest BCUT2D eigenvalue weighted by molar-refractivity contribution is 5.72. The molecule has 1 aromatic carbocycles. The average molecular weight is 327 g/mol. The van der Waals surface area contributed by atoms with Crippen molar-refractivity contribution in [2.24, 2.45) is 0 Å². The van der Waals surface area contributed by atoms with Crippen LogP contribution in [0.25, 0.3) is 0 Å². The Labute approximate surface area is 145 Å². The molecule has 0 N–H and O–H groups in total. The molecule has 0 spiro atoms. The highest BCUT2D eigenvalue weighted by atomic mass is 16.5. The highest BCUT2D eigenvalue weighted by Gasteiger charge is 2.06. The van der Waals surface area contributed by atoms with Gasteiger partial charge in [-0.2, -0.15) is 0 Å². The van der Waals surface area contributed by atoms with E-state index in [1.165, 1.54) is 31.2 Å². The van der Waals surface area contributed by atoms with Gasteiger partial charge in [0.25, 0.3) is 0 Å². The molecule has 130 valence electrons. The fraction of sp³-hybridized carbons (Fsp3) is 0.476. The molecule has 0 saturated heterocycles. The van der Waals surface area contributed by atoms with E-state index in [2.05, 4.69) is 23.6 Å². The monoisotopic (exact) mass is 327 g/mol. The molecule has 1 aromatic heterocycles. The van der Waals surface area contributed by atoms with Gasteiger partial charge in [0.2, 0.25) is 0 Å². The van der Waals surface area contributed by atoms with Crippen LogP contribution in [-0.2, 0) is 22.5 Å². The number of rotatable bonds is 11. The summed E-state index contributed by atoms with van der Waals surface area (Å²) in [7, 11) is 0. The van der Waals surface area contributed by atoms with E-state index < -0.39 is 0 Å². The van der Waals surface area contributed by atoms with E-state index >= 15 is 0 Å². The first-order valence-electron chi connectivity index (χ1n) is 9.12. The fourth-order valence-electron chi connectivity index (χ4n) is 2.77. The Morgan fingerprint density at radius 1 is 0.958 bits per heavy atom. The molecule has 0 aliphatic heterocycles. The summed E-state index contributed by atoms with van der Waals surface area (Å²) in [5, 5.41) is 0. The molecule has 0 bridgehead atoms. The second kappa shape index (κ2) is 10.7. The fourth-order valence-corrected chi connectivity index (χ4v) is 2.77. The van der Waals surface area contributed by atoms with Gasteiger partial charge in [-0.25, -0.2) is 0 Å². The van der Waals surface area contributed by atoms with Gasteiger partial charge in [-0.1, -0.05) is 69.4 Å². The van der Waals surface area contributed by atoms with Gasteiger partial charge in [-0.15, -0.1) is 0 Å². The third-order valence-electron chi connectivity index (χ3n) is 4.13. The number of benzene rings is 1. The van der Waals surface area contributed by atoms with Gasteiger partial charge in [0.05, 0.1) is 13.0 Å². The Kier molecular flexibility index (Phi) is 8.16. The van der Waals surface area contributed by atoms with Crippen molar-refractivity contribution in [2.75, 3.05) is 6.61 Å². The maximum Gasteiger partial charge on any atom is 0.310 e. The second-order valence-electron chi connectivity index (χ2n) is 6.34. The van der Waals surface area contributed by atoms with Crippen molar-refractivity contribution in [2.45, 2.75) is 58.4 Å². The molecule has 0 saturated carbocycles. The van der Waals surface area contributed by atoms with Crippen molar-refractivity contribution in [3.63, 3.8) is 0 Å². The minimum absolute atomic E-state index is 0.124. The van der Waals surface area contributed by atoms with Crippen molar-refractivity contribution in [3.05, 3.63) is 59.9 Å². The molecular formula is C21H29NO2. The smallest absolute Gasteiger partial charge is 0.310 e. The summed E-state index contributed by atoms with van der Waals surface area (Å²) in [6.45, 7) is 3.60. The van der Waals surface area contributed by atoms with Crippen LogP contribution < -0.4 is 0 Å². The zero-order chi connectivity index (χ0) is 17.0. The number of hydrogen-bond acceptors (Lipinski definition) is 2. The van der Waals surface area contributed by atoms with Gasteiger partial charge >= 0.3 is 5.97 Å². The molecule has 3 heteroatoms. The Bertz CT molecular complexity index is 589. The van der Waals surface area contributed by atoms with Crippen LogP contribution in [-0.4, -0.2) is 17.1 Å². The molecule has 2 rings (SSSR count). The zero-order valence-electron chi connectivity index (χ0n) is 14.7. The zero-order valence-corrected chi connectivity index (χ0v) is 14.7. The van der Waals surface area contributed by atoms with Crippen molar-refractivity contribution >= 4 is 5.97 Å². The van der Waals surface area contributed by atoms with Crippen LogP contribution in [0.4, 0.5) is 0 Å². The van der Waals surface area contributed by atoms with Crippen molar-refractivity contribution in [1.29, 1.82) is 0 Å². The summed E-state index contributed by atoms with van der Waals surface area (Å²) >= 11 is 0. The first-order chi connectivity index (χ1) is 11.8. The van der Waals surface area contributed by atoms with Gasteiger partial charge in [-0.05, 0) is 23.6 Å². The van der Waals surface area contributed by atoms with E-state index in [1.807, 2.05) is 36.7 Å². The summed E-state index contributed by atoms with van der Waals surface area (Å²) in [6, 6.07) is 12.3. The van der Waals surface area contributed by atoms with Crippen LogP contribution in [0.2, 0.25) is 0 Å². The van der Waals surface area contributed by atoms with Crippen LogP contribution in [0.5, 0.6) is 0 Å². The maximum atomic E-state index is 11.9. The Morgan fingerprint density at radius 2 is 1.71 bits per heavy atom. The molecule has 0 aliphatic carbocycles. The molecule has 0 atom stereocenters. The lowest BCUT2D eigenvalue weighted by Gasteiger charge is -2.04. The number of aromatic nitrogens is 1. The highest BCUT2D eigenvalue weighted by Crippen LogP contribution is 2.09.